The fourth-order valence-corrected chi connectivity index (χ4v) is 3.62. The van der Waals surface area contributed by atoms with E-state index in [1.54, 1.807) is 0 Å². The molecule has 0 bridgehead atoms. The van der Waals surface area contributed by atoms with E-state index in [-0.39, 0.29) is 16.1 Å². The van der Waals surface area contributed by atoms with E-state index in [1.165, 1.54) is 36.0 Å². The second-order valence-corrected chi connectivity index (χ2v) is 8.53. The molecule has 0 heterocycles. The molecule has 2 aromatic rings. The molecule has 0 aliphatic carbocycles. The summed E-state index contributed by atoms with van der Waals surface area (Å²) >= 11 is 1.49. The number of nitrogens with two attached hydrogens (primary N) is 1. The summed E-state index contributed by atoms with van der Waals surface area (Å²) in [5.41, 5.74) is 2.80. The van der Waals surface area contributed by atoms with Crippen LogP contribution in [0.4, 0.5) is 5.69 Å². The molecule has 5 nitrogen and oxygen atoms in total. The van der Waals surface area contributed by atoms with Crippen LogP contribution in [0.25, 0.3) is 0 Å². The van der Waals surface area contributed by atoms with Gasteiger partial charge in [0.1, 0.15) is 0 Å². The molecule has 0 saturated heterocycles. The Morgan fingerprint density at radius 3 is 2.33 bits per heavy atom. The molecule has 0 radical (unpaired) electrons. The van der Waals surface area contributed by atoms with Gasteiger partial charge in [-0.15, -0.1) is 11.8 Å². The van der Waals surface area contributed by atoms with Gasteiger partial charge in [-0.3, -0.25) is 4.79 Å². The van der Waals surface area contributed by atoms with Gasteiger partial charge in [0.15, 0.2) is 0 Å². The van der Waals surface area contributed by atoms with Crippen molar-refractivity contribution >= 4 is 33.4 Å². The number of carbonyl (C=O) groups is 1. The number of sulfonamides is 1. The number of hydrogen-bond donors (Lipinski definition) is 2. The summed E-state index contributed by atoms with van der Waals surface area (Å²) in [5.74, 6) is -0.149. The molecule has 1 unspecified atom stereocenters. The Kier molecular flexibility index (Phi) is 5.69. The molecule has 2 aromatic carbocycles. The van der Waals surface area contributed by atoms with Gasteiger partial charge >= 0.3 is 0 Å². The van der Waals surface area contributed by atoms with E-state index in [4.69, 9.17) is 5.14 Å². The molecule has 24 heavy (non-hydrogen) atoms. The lowest BCUT2D eigenvalue weighted by molar-refractivity contribution is -0.115. The summed E-state index contributed by atoms with van der Waals surface area (Å²) in [4.78, 5) is 13.4. The van der Waals surface area contributed by atoms with Gasteiger partial charge in [-0.05, 0) is 56.7 Å². The van der Waals surface area contributed by atoms with Crippen LogP contribution in [0.1, 0.15) is 18.1 Å². The number of rotatable bonds is 5. The zero-order chi connectivity index (χ0) is 17.9. The van der Waals surface area contributed by atoms with Crippen LogP contribution in [-0.2, 0) is 14.8 Å². The summed E-state index contributed by atoms with van der Waals surface area (Å²) in [6.45, 7) is 5.86. The van der Waals surface area contributed by atoms with E-state index < -0.39 is 10.0 Å². The maximum absolute atomic E-state index is 12.3. The van der Waals surface area contributed by atoms with Crippen molar-refractivity contribution in [2.45, 2.75) is 35.8 Å². The Hall–Kier alpha value is -1.83. The molecule has 3 N–H and O–H groups in total. The number of primary sulfonamides is 1. The number of carbonyl (C=O) groups excluding carboxylic acids is 1. The maximum atomic E-state index is 12.3. The fourth-order valence-electron chi connectivity index (χ4n) is 2.05. The normalized spacial score (nSPS) is 12.7. The van der Waals surface area contributed by atoms with Crippen molar-refractivity contribution in [3.63, 3.8) is 0 Å². The Labute approximate surface area is 146 Å². The van der Waals surface area contributed by atoms with Crippen molar-refractivity contribution in [2.75, 3.05) is 5.32 Å². The summed E-state index contributed by atoms with van der Waals surface area (Å²) in [6.07, 6.45) is 0. The minimum atomic E-state index is -3.73. The highest BCUT2D eigenvalue weighted by Gasteiger charge is 2.16. The van der Waals surface area contributed by atoms with Crippen molar-refractivity contribution in [1.29, 1.82) is 0 Å². The first-order valence-corrected chi connectivity index (χ1v) is 9.77. The zero-order valence-corrected chi connectivity index (χ0v) is 15.4. The average Bonchev–Trinajstić information content (AvgIpc) is 2.50. The molecule has 0 spiro atoms. The van der Waals surface area contributed by atoms with Gasteiger partial charge < -0.3 is 5.32 Å². The van der Waals surface area contributed by atoms with Crippen molar-refractivity contribution in [3.05, 3.63) is 53.6 Å². The van der Waals surface area contributed by atoms with Gasteiger partial charge in [0.25, 0.3) is 0 Å². The molecular formula is C17H20N2O3S2. The van der Waals surface area contributed by atoms with Gasteiger partial charge in [0.2, 0.25) is 15.9 Å². The molecule has 1 amide bonds. The third kappa shape index (κ3) is 4.83. The largest absolute Gasteiger partial charge is 0.325 e. The van der Waals surface area contributed by atoms with E-state index in [0.29, 0.717) is 5.69 Å². The number of anilines is 1. The maximum Gasteiger partial charge on any atom is 0.238 e. The van der Waals surface area contributed by atoms with Crippen molar-refractivity contribution in [3.8, 4) is 0 Å². The van der Waals surface area contributed by atoms with Crippen LogP contribution in [0.15, 0.2) is 52.3 Å². The van der Waals surface area contributed by atoms with Gasteiger partial charge in [0, 0.05) is 10.6 Å². The predicted molar refractivity (Wildman–Crippen MR) is 97.7 cm³/mol. The number of thioether (sulfide) groups is 1. The average molecular weight is 364 g/mol. The Bertz CT molecular complexity index is 847. The predicted octanol–water partition coefficient (Wildman–Crippen LogP) is 3.07. The van der Waals surface area contributed by atoms with Crippen LogP contribution < -0.4 is 10.5 Å². The molecule has 0 fully saturated rings. The molecule has 128 valence electrons. The molecule has 7 heteroatoms. The van der Waals surface area contributed by atoms with Crippen molar-refractivity contribution in [1.82, 2.24) is 0 Å². The summed E-state index contributed by atoms with van der Waals surface area (Å²) in [5, 5.41) is 7.54. The SMILES string of the molecule is Cc1ccc(C)c(SC(C)C(=O)Nc2ccc(S(N)(=O)=O)cc2)c1. The molecule has 0 aliphatic rings. The highest BCUT2D eigenvalue weighted by molar-refractivity contribution is 8.00. The number of benzene rings is 2. The molecule has 1 atom stereocenters. The number of hydrogen-bond acceptors (Lipinski definition) is 4. The summed E-state index contributed by atoms with van der Waals surface area (Å²) in [7, 11) is -3.73. The number of nitrogens with one attached hydrogen (secondary N) is 1. The van der Waals surface area contributed by atoms with E-state index in [0.717, 1.165) is 16.0 Å². The molecule has 0 aromatic heterocycles. The van der Waals surface area contributed by atoms with Crippen LogP contribution in [0.2, 0.25) is 0 Å². The van der Waals surface area contributed by atoms with E-state index >= 15 is 0 Å². The summed E-state index contributed by atoms with van der Waals surface area (Å²) in [6, 6.07) is 11.9. The molecular weight excluding hydrogens is 344 g/mol. The Morgan fingerprint density at radius 1 is 1.12 bits per heavy atom. The quantitative estimate of drug-likeness (QED) is 0.798. The molecule has 0 aliphatic heterocycles. The number of aryl methyl sites for hydroxylation is 2. The van der Waals surface area contributed by atoms with Crippen molar-refractivity contribution in [2.24, 2.45) is 5.14 Å². The Balaban J connectivity index is 2.05. The zero-order valence-electron chi connectivity index (χ0n) is 13.7. The van der Waals surface area contributed by atoms with Gasteiger partial charge in [-0.25, -0.2) is 13.6 Å². The lowest BCUT2D eigenvalue weighted by Gasteiger charge is -2.14. The van der Waals surface area contributed by atoms with E-state index in [9.17, 15) is 13.2 Å². The monoisotopic (exact) mass is 364 g/mol. The number of amides is 1. The van der Waals surface area contributed by atoms with Crippen LogP contribution in [-0.4, -0.2) is 19.6 Å². The fraction of sp³-hybridized carbons (Fsp3) is 0.235. The third-order valence-corrected chi connectivity index (χ3v) is 5.66. The first kappa shape index (κ1) is 18.5. The molecule has 2 rings (SSSR count). The second kappa shape index (κ2) is 7.38. The first-order valence-electron chi connectivity index (χ1n) is 7.34. The third-order valence-electron chi connectivity index (χ3n) is 3.47. The minimum Gasteiger partial charge on any atom is -0.325 e. The topological polar surface area (TPSA) is 89.3 Å². The van der Waals surface area contributed by atoms with E-state index in [2.05, 4.69) is 11.4 Å². The van der Waals surface area contributed by atoms with Crippen molar-refractivity contribution < 1.29 is 13.2 Å². The second-order valence-electron chi connectivity index (χ2n) is 5.59. The minimum absolute atomic E-state index is 0.0123. The first-order chi connectivity index (χ1) is 11.2. The van der Waals surface area contributed by atoms with Crippen LogP contribution in [0, 0.1) is 13.8 Å². The van der Waals surface area contributed by atoms with Gasteiger partial charge in [0.05, 0.1) is 10.1 Å². The van der Waals surface area contributed by atoms with Crippen LogP contribution in [0.3, 0.4) is 0 Å². The lowest BCUT2D eigenvalue weighted by Crippen LogP contribution is -2.22. The Morgan fingerprint density at radius 2 is 1.75 bits per heavy atom. The van der Waals surface area contributed by atoms with Gasteiger partial charge in [-0.1, -0.05) is 17.7 Å². The highest BCUT2D eigenvalue weighted by atomic mass is 32.2. The van der Waals surface area contributed by atoms with Gasteiger partial charge in [-0.2, -0.15) is 0 Å². The molecule has 0 saturated carbocycles. The lowest BCUT2D eigenvalue weighted by atomic mass is 10.2. The van der Waals surface area contributed by atoms with Crippen LogP contribution in [0.5, 0.6) is 0 Å². The summed E-state index contributed by atoms with van der Waals surface area (Å²) < 4.78 is 22.4. The standard InChI is InChI=1S/C17H20N2O3S2/c1-11-4-5-12(2)16(10-11)23-13(3)17(20)19-14-6-8-15(9-7-14)24(18,21)22/h4-10,13H,1-3H3,(H,19,20)(H2,18,21,22). The van der Waals surface area contributed by atoms with Crippen LogP contribution >= 0.6 is 11.8 Å². The smallest absolute Gasteiger partial charge is 0.238 e. The van der Waals surface area contributed by atoms with E-state index in [1.807, 2.05) is 32.9 Å². The highest BCUT2D eigenvalue weighted by Crippen LogP contribution is 2.28.